The van der Waals surface area contributed by atoms with E-state index in [1.54, 1.807) is 12.4 Å². The molecule has 1 atom stereocenters. The third-order valence-corrected chi connectivity index (χ3v) is 4.43. The Hall–Kier alpha value is -2.66. The van der Waals surface area contributed by atoms with Crippen LogP contribution in [0.1, 0.15) is 35.0 Å². The quantitative estimate of drug-likeness (QED) is 0.719. The Morgan fingerprint density at radius 2 is 1.96 bits per heavy atom. The maximum Gasteiger partial charge on any atom is 0.222 e. The fourth-order valence-corrected chi connectivity index (χ4v) is 3.03. The van der Waals surface area contributed by atoms with Crippen molar-refractivity contribution in [2.24, 2.45) is 0 Å². The SMILES string of the molecule is Cc1cc(C)n(CCC(=O)N[C@@H](c2ccc(Cl)cc2)c2cccnc2)n1. The Labute approximate surface area is 158 Å². The van der Waals surface area contributed by atoms with Gasteiger partial charge in [0.25, 0.3) is 0 Å². The lowest BCUT2D eigenvalue weighted by molar-refractivity contribution is -0.121. The molecule has 3 aromatic rings. The number of aryl methyl sites for hydroxylation is 3. The van der Waals surface area contributed by atoms with E-state index in [1.807, 2.05) is 61.0 Å². The first-order chi connectivity index (χ1) is 12.5. The number of nitrogens with zero attached hydrogens (tertiary/aromatic N) is 3. The molecule has 0 fully saturated rings. The standard InChI is InChI=1S/C20H21ClN4O/c1-14-12-15(2)25(24-14)11-9-19(26)23-20(17-4-3-10-22-13-17)16-5-7-18(21)8-6-16/h3-8,10,12-13,20H,9,11H2,1-2H3,(H,23,26)/t20-/m0/s1. The van der Waals surface area contributed by atoms with Gasteiger partial charge in [-0.15, -0.1) is 0 Å². The molecule has 0 unspecified atom stereocenters. The summed E-state index contributed by atoms with van der Waals surface area (Å²) < 4.78 is 1.86. The zero-order valence-corrected chi connectivity index (χ0v) is 15.6. The zero-order chi connectivity index (χ0) is 18.5. The second kappa shape index (κ2) is 8.15. The van der Waals surface area contributed by atoms with Crippen molar-refractivity contribution in [3.05, 3.63) is 82.4 Å². The van der Waals surface area contributed by atoms with Crippen LogP contribution in [0.3, 0.4) is 0 Å². The normalized spacial score (nSPS) is 12.0. The molecule has 0 aliphatic carbocycles. The largest absolute Gasteiger partial charge is 0.345 e. The van der Waals surface area contributed by atoms with E-state index in [0.29, 0.717) is 18.0 Å². The topological polar surface area (TPSA) is 59.8 Å². The molecule has 134 valence electrons. The van der Waals surface area contributed by atoms with Crippen molar-refractivity contribution in [3.8, 4) is 0 Å². The molecule has 0 aliphatic rings. The molecule has 5 nitrogen and oxygen atoms in total. The Kier molecular flexibility index (Phi) is 5.68. The van der Waals surface area contributed by atoms with Gasteiger partial charge in [-0.05, 0) is 49.2 Å². The number of rotatable bonds is 6. The highest BCUT2D eigenvalue weighted by Crippen LogP contribution is 2.23. The maximum atomic E-state index is 12.6. The predicted molar refractivity (Wildman–Crippen MR) is 102 cm³/mol. The summed E-state index contributed by atoms with van der Waals surface area (Å²) in [6.07, 6.45) is 3.83. The predicted octanol–water partition coefficient (Wildman–Crippen LogP) is 3.84. The lowest BCUT2D eigenvalue weighted by Gasteiger charge is -2.20. The monoisotopic (exact) mass is 368 g/mol. The van der Waals surface area contributed by atoms with E-state index in [-0.39, 0.29) is 11.9 Å². The number of hydrogen-bond donors (Lipinski definition) is 1. The molecule has 0 saturated heterocycles. The van der Waals surface area contributed by atoms with Crippen LogP contribution in [-0.4, -0.2) is 20.7 Å². The van der Waals surface area contributed by atoms with Crippen LogP contribution in [0, 0.1) is 13.8 Å². The van der Waals surface area contributed by atoms with Crippen LogP contribution in [0.2, 0.25) is 5.02 Å². The van der Waals surface area contributed by atoms with Crippen LogP contribution < -0.4 is 5.32 Å². The zero-order valence-electron chi connectivity index (χ0n) is 14.8. The Morgan fingerprint density at radius 1 is 1.19 bits per heavy atom. The molecule has 6 heteroatoms. The van der Waals surface area contributed by atoms with Gasteiger partial charge in [0.05, 0.1) is 11.7 Å². The van der Waals surface area contributed by atoms with E-state index in [4.69, 9.17) is 11.6 Å². The molecule has 1 aromatic carbocycles. The molecule has 0 bridgehead atoms. The van der Waals surface area contributed by atoms with Crippen molar-refractivity contribution in [1.82, 2.24) is 20.1 Å². The second-order valence-electron chi connectivity index (χ2n) is 6.24. The molecule has 26 heavy (non-hydrogen) atoms. The molecule has 0 aliphatic heterocycles. The number of carbonyl (C=O) groups excluding carboxylic acids is 1. The number of aromatic nitrogens is 3. The van der Waals surface area contributed by atoms with Crippen LogP contribution in [-0.2, 0) is 11.3 Å². The van der Waals surface area contributed by atoms with Crippen LogP contribution in [0.5, 0.6) is 0 Å². The summed E-state index contributed by atoms with van der Waals surface area (Å²) in [6.45, 7) is 4.48. The fraction of sp³-hybridized carbons (Fsp3) is 0.250. The van der Waals surface area contributed by atoms with E-state index in [9.17, 15) is 4.79 Å². The maximum absolute atomic E-state index is 12.6. The number of benzene rings is 1. The average Bonchev–Trinajstić information content (AvgIpc) is 2.97. The van der Waals surface area contributed by atoms with E-state index in [0.717, 1.165) is 22.5 Å². The third-order valence-electron chi connectivity index (χ3n) is 4.18. The number of pyridine rings is 1. The van der Waals surface area contributed by atoms with Gasteiger partial charge < -0.3 is 5.32 Å². The smallest absolute Gasteiger partial charge is 0.222 e. The molecule has 3 rings (SSSR count). The van der Waals surface area contributed by atoms with Crippen LogP contribution in [0.4, 0.5) is 0 Å². The Bertz CT molecular complexity index is 875. The van der Waals surface area contributed by atoms with Crippen LogP contribution in [0.15, 0.2) is 54.9 Å². The fourth-order valence-electron chi connectivity index (χ4n) is 2.90. The summed E-state index contributed by atoms with van der Waals surface area (Å²) in [5.41, 5.74) is 3.89. The molecule has 2 heterocycles. The molecule has 1 amide bonds. The molecule has 1 N–H and O–H groups in total. The van der Waals surface area contributed by atoms with Crippen molar-refractivity contribution in [3.63, 3.8) is 0 Å². The molecule has 2 aromatic heterocycles. The van der Waals surface area contributed by atoms with Gasteiger partial charge in [0.2, 0.25) is 5.91 Å². The molecular formula is C20H21ClN4O. The van der Waals surface area contributed by atoms with Gasteiger partial charge in [0, 0.05) is 36.1 Å². The summed E-state index contributed by atoms with van der Waals surface area (Å²) in [5.74, 6) is -0.0404. The Balaban J connectivity index is 1.74. The minimum Gasteiger partial charge on any atom is -0.345 e. The summed E-state index contributed by atoms with van der Waals surface area (Å²) in [6, 6.07) is 13.0. The summed E-state index contributed by atoms with van der Waals surface area (Å²) in [5, 5.41) is 8.16. The first-order valence-electron chi connectivity index (χ1n) is 8.49. The van der Waals surface area contributed by atoms with Crippen molar-refractivity contribution in [2.45, 2.75) is 32.9 Å². The molecule has 0 spiro atoms. The minimum absolute atomic E-state index is 0.0404. The molecular weight excluding hydrogens is 348 g/mol. The number of nitrogens with one attached hydrogen (secondary N) is 1. The minimum atomic E-state index is -0.270. The van der Waals surface area contributed by atoms with Crippen LogP contribution >= 0.6 is 11.6 Å². The highest BCUT2D eigenvalue weighted by molar-refractivity contribution is 6.30. The summed E-state index contributed by atoms with van der Waals surface area (Å²) in [4.78, 5) is 16.7. The highest BCUT2D eigenvalue weighted by Gasteiger charge is 2.17. The number of hydrogen-bond acceptors (Lipinski definition) is 3. The highest BCUT2D eigenvalue weighted by atomic mass is 35.5. The van der Waals surface area contributed by atoms with Crippen LogP contribution in [0.25, 0.3) is 0 Å². The first-order valence-corrected chi connectivity index (χ1v) is 8.86. The summed E-state index contributed by atoms with van der Waals surface area (Å²) in [7, 11) is 0. The van der Waals surface area contributed by atoms with E-state index >= 15 is 0 Å². The van der Waals surface area contributed by atoms with Gasteiger partial charge in [0.1, 0.15) is 0 Å². The third kappa shape index (κ3) is 4.49. The van der Waals surface area contributed by atoms with Crippen molar-refractivity contribution in [2.75, 3.05) is 0 Å². The van der Waals surface area contributed by atoms with Crippen molar-refractivity contribution in [1.29, 1.82) is 0 Å². The first kappa shape index (κ1) is 18.1. The van der Waals surface area contributed by atoms with Gasteiger partial charge in [-0.25, -0.2) is 0 Å². The lowest BCUT2D eigenvalue weighted by atomic mass is 10.00. The van der Waals surface area contributed by atoms with E-state index in [2.05, 4.69) is 15.4 Å². The van der Waals surface area contributed by atoms with Gasteiger partial charge in [0.15, 0.2) is 0 Å². The van der Waals surface area contributed by atoms with Crippen molar-refractivity contribution >= 4 is 17.5 Å². The van der Waals surface area contributed by atoms with E-state index < -0.39 is 0 Å². The van der Waals surface area contributed by atoms with Gasteiger partial charge >= 0.3 is 0 Å². The van der Waals surface area contributed by atoms with Gasteiger partial charge in [-0.2, -0.15) is 5.10 Å². The summed E-state index contributed by atoms with van der Waals surface area (Å²) >= 11 is 5.99. The van der Waals surface area contributed by atoms with Crippen molar-refractivity contribution < 1.29 is 4.79 Å². The van der Waals surface area contributed by atoms with E-state index in [1.165, 1.54) is 0 Å². The second-order valence-corrected chi connectivity index (χ2v) is 6.68. The van der Waals surface area contributed by atoms with Gasteiger partial charge in [-0.3, -0.25) is 14.5 Å². The number of amides is 1. The van der Waals surface area contributed by atoms with Gasteiger partial charge in [-0.1, -0.05) is 29.8 Å². The number of halogens is 1. The number of carbonyl (C=O) groups is 1. The molecule has 0 saturated carbocycles. The average molecular weight is 369 g/mol. The molecule has 0 radical (unpaired) electrons. The lowest BCUT2D eigenvalue weighted by Crippen LogP contribution is -2.30. The Morgan fingerprint density at radius 3 is 2.58 bits per heavy atom.